The van der Waals surface area contributed by atoms with E-state index in [1.54, 1.807) is 0 Å². The first-order valence-corrected chi connectivity index (χ1v) is 5.18. The van der Waals surface area contributed by atoms with Gasteiger partial charge in [0.1, 0.15) is 5.56 Å². The molecule has 0 aliphatic carbocycles. The van der Waals surface area contributed by atoms with Gasteiger partial charge in [-0.3, -0.25) is 30.3 Å². The van der Waals surface area contributed by atoms with Crippen molar-refractivity contribution in [3.63, 3.8) is 0 Å². The Hall–Kier alpha value is -3.37. The third kappa shape index (κ3) is 3.34. The highest BCUT2D eigenvalue weighted by molar-refractivity contribution is 5.93. The van der Waals surface area contributed by atoms with E-state index < -0.39 is 48.9 Å². The van der Waals surface area contributed by atoms with Gasteiger partial charge in [0.05, 0.1) is 26.9 Å². The number of hydrogen-bond donors (Lipinski definition) is 1. The first-order valence-electron chi connectivity index (χ1n) is 5.18. The van der Waals surface area contributed by atoms with Gasteiger partial charge in [-0.1, -0.05) is 0 Å². The predicted octanol–water partition coefficient (Wildman–Crippen LogP) is 1.90. The van der Waals surface area contributed by atoms with Crippen LogP contribution < -0.4 is 0 Å². The summed E-state index contributed by atoms with van der Waals surface area (Å²) in [5, 5.41) is 41.2. The van der Waals surface area contributed by atoms with E-state index in [9.17, 15) is 35.1 Å². The fourth-order valence-electron chi connectivity index (χ4n) is 1.44. The number of aliphatic carboxylic acids is 1. The van der Waals surface area contributed by atoms with Crippen LogP contribution in [-0.4, -0.2) is 25.8 Å². The Kier molecular flexibility index (Phi) is 4.28. The lowest BCUT2D eigenvalue weighted by Crippen LogP contribution is -2.02. The van der Waals surface area contributed by atoms with E-state index in [0.29, 0.717) is 12.1 Å². The summed E-state index contributed by atoms with van der Waals surface area (Å²) in [4.78, 5) is 40.1. The smallest absolute Gasteiger partial charge is 0.331 e. The quantitative estimate of drug-likeness (QED) is 0.488. The van der Waals surface area contributed by atoms with Crippen molar-refractivity contribution in [2.24, 2.45) is 0 Å². The first-order chi connectivity index (χ1) is 9.65. The Labute approximate surface area is 115 Å². The summed E-state index contributed by atoms with van der Waals surface area (Å²) in [6.07, 6.45) is 0.725. The van der Waals surface area contributed by atoms with Crippen LogP contribution in [0.2, 0.25) is 0 Å². The molecule has 0 saturated carbocycles. The van der Waals surface area contributed by atoms with Crippen LogP contribution in [0, 0.1) is 30.3 Å². The Balaban J connectivity index is 3.78. The zero-order valence-electron chi connectivity index (χ0n) is 10.4. The van der Waals surface area contributed by atoms with Crippen molar-refractivity contribution in [2.45, 2.75) is 6.92 Å². The van der Waals surface area contributed by atoms with Gasteiger partial charge < -0.3 is 5.11 Å². The number of rotatable bonds is 5. The number of carboxylic acid groups (broad SMARTS) is 1. The van der Waals surface area contributed by atoms with Crippen LogP contribution >= 0.6 is 0 Å². The average Bonchev–Trinajstić information content (AvgIpc) is 2.37. The lowest BCUT2D eigenvalue weighted by Gasteiger charge is -2.01. The molecule has 1 aromatic carbocycles. The summed E-state index contributed by atoms with van der Waals surface area (Å²) in [6, 6.07) is 1.07. The fraction of sp³-hybridized carbons (Fsp3) is 0.100. The second-order valence-electron chi connectivity index (χ2n) is 3.80. The highest BCUT2D eigenvalue weighted by Gasteiger charge is 2.29. The van der Waals surface area contributed by atoms with E-state index in [1.807, 2.05) is 0 Å². The molecule has 1 rings (SSSR count). The highest BCUT2D eigenvalue weighted by Crippen LogP contribution is 2.35. The van der Waals surface area contributed by atoms with Crippen LogP contribution in [0.1, 0.15) is 12.5 Å². The van der Waals surface area contributed by atoms with Gasteiger partial charge >= 0.3 is 5.97 Å². The largest absolute Gasteiger partial charge is 0.478 e. The third-order valence-electron chi connectivity index (χ3n) is 2.42. The van der Waals surface area contributed by atoms with Crippen molar-refractivity contribution in [1.29, 1.82) is 0 Å². The van der Waals surface area contributed by atoms with Crippen molar-refractivity contribution in [1.82, 2.24) is 0 Å². The van der Waals surface area contributed by atoms with Gasteiger partial charge in [0.25, 0.3) is 17.1 Å². The summed E-state index contributed by atoms with van der Waals surface area (Å²) in [6.45, 7) is 1.08. The standard InChI is InChI=1S/C10H7N3O8/c1-5(10(14)15)2-7-8(12(18)19)3-6(11(16)17)4-9(7)13(20)21/h2-4H,1H3,(H,14,15). The molecule has 0 atom stereocenters. The summed E-state index contributed by atoms with van der Waals surface area (Å²) >= 11 is 0. The average molecular weight is 297 g/mol. The van der Waals surface area contributed by atoms with Gasteiger partial charge in [-0.25, -0.2) is 4.79 Å². The summed E-state index contributed by atoms with van der Waals surface area (Å²) < 4.78 is 0. The number of hydrogen-bond acceptors (Lipinski definition) is 7. The lowest BCUT2D eigenvalue weighted by atomic mass is 10.1. The SMILES string of the molecule is CC(=Cc1c([N+](=O)[O-])cc([N+](=O)[O-])cc1[N+](=O)[O-])C(=O)O. The minimum absolute atomic E-state index is 0.393. The molecule has 0 spiro atoms. The maximum absolute atomic E-state index is 10.9. The highest BCUT2D eigenvalue weighted by atomic mass is 16.6. The number of nitrogens with zero attached hydrogens (tertiary/aromatic N) is 3. The van der Waals surface area contributed by atoms with Gasteiger partial charge in [-0.05, 0) is 13.0 Å². The molecule has 1 aromatic rings. The summed E-state index contributed by atoms with van der Waals surface area (Å²) in [7, 11) is 0. The van der Waals surface area contributed by atoms with Crippen molar-refractivity contribution in [3.05, 3.63) is 53.6 Å². The molecular weight excluding hydrogens is 290 g/mol. The van der Waals surface area contributed by atoms with Gasteiger partial charge in [0.2, 0.25) is 0 Å². The van der Waals surface area contributed by atoms with Gasteiger partial charge in [-0.2, -0.15) is 0 Å². The zero-order valence-corrected chi connectivity index (χ0v) is 10.4. The molecule has 0 unspecified atom stereocenters. The summed E-state index contributed by atoms with van der Waals surface area (Å²) in [5.41, 5.74) is -3.68. The monoisotopic (exact) mass is 297 g/mol. The second kappa shape index (κ2) is 5.73. The van der Waals surface area contributed by atoms with E-state index in [2.05, 4.69) is 0 Å². The second-order valence-corrected chi connectivity index (χ2v) is 3.80. The van der Waals surface area contributed by atoms with Crippen LogP contribution in [-0.2, 0) is 4.79 Å². The molecule has 0 aliphatic heterocycles. The molecule has 0 amide bonds. The number of carbonyl (C=O) groups is 1. The molecule has 11 nitrogen and oxygen atoms in total. The van der Waals surface area contributed by atoms with E-state index in [-0.39, 0.29) is 0 Å². The zero-order chi connectivity index (χ0) is 16.3. The molecule has 1 N–H and O–H groups in total. The van der Waals surface area contributed by atoms with E-state index in [0.717, 1.165) is 13.0 Å². The fourth-order valence-corrected chi connectivity index (χ4v) is 1.44. The third-order valence-corrected chi connectivity index (χ3v) is 2.42. The molecule has 0 fully saturated rings. The predicted molar refractivity (Wildman–Crippen MR) is 67.7 cm³/mol. The van der Waals surface area contributed by atoms with E-state index >= 15 is 0 Å². The Morgan fingerprint density at radius 1 is 1.05 bits per heavy atom. The Morgan fingerprint density at radius 2 is 1.48 bits per heavy atom. The molecule has 0 radical (unpaired) electrons. The molecule has 110 valence electrons. The summed E-state index contributed by atoms with van der Waals surface area (Å²) in [5.74, 6) is -1.43. The minimum atomic E-state index is -1.43. The maximum Gasteiger partial charge on any atom is 0.331 e. The molecule has 0 saturated heterocycles. The van der Waals surface area contributed by atoms with Gasteiger partial charge in [0.15, 0.2) is 0 Å². The van der Waals surface area contributed by atoms with Crippen LogP contribution in [0.5, 0.6) is 0 Å². The van der Waals surface area contributed by atoms with E-state index in [4.69, 9.17) is 5.11 Å². The molecule has 0 heterocycles. The van der Waals surface area contributed by atoms with Crippen LogP contribution in [0.15, 0.2) is 17.7 Å². The van der Waals surface area contributed by atoms with Crippen LogP contribution in [0.3, 0.4) is 0 Å². The number of carboxylic acids is 1. The normalized spacial score (nSPS) is 11.0. The Morgan fingerprint density at radius 3 is 1.76 bits per heavy atom. The van der Waals surface area contributed by atoms with Crippen molar-refractivity contribution in [3.8, 4) is 0 Å². The van der Waals surface area contributed by atoms with Crippen LogP contribution in [0.4, 0.5) is 17.1 Å². The molecule has 21 heavy (non-hydrogen) atoms. The maximum atomic E-state index is 10.9. The molecule has 0 bridgehead atoms. The lowest BCUT2D eigenvalue weighted by molar-refractivity contribution is -0.403. The minimum Gasteiger partial charge on any atom is -0.478 e. The molecular formula is C10H7N3O8. The first kappa shape index (κ1) is 15.7. The van der Waals surface area contributed by atoms with Crippen molar-refractivity contribution < 1.29 is 24.7 Å². The molecule has 0 aliphatic rings. The number of nitro benzene ring substituents is 3. The Bertz CT molecular complexity index is 659. The van der Waals surface area contributed by atoms with Gasteiger partial charge in [-0.15, -0.1) is 0 Å². The number of nitro groups is 3. The van der Waals surface area contributed by atoms with Crippen LogP contribution in [0.25, 0.3) is 6.08 Å². The molecule has 0 aromatic heterocycles. The van der Waals surface area contributed by atoms with Crippen molar-refractivity contribution in [2.75, 3.05) is 0 Å². The topological polar surface area (TPSA) is 167 Å². The molecule has 11 heteroatoms. The number of benzene rings is 1. The number of non-ortho nitro benzene ring substituents is 1. The van der Waals surface area contributed by atoms with Crippen molar-refractivity contribution >= 4 is 29.1 Å². The van der Waals surface area contributed by atoms with Gasteiger partial charge in [0, 0.05) is 5.57 Å². The van der Waals surface area contributed by atoms with E-state index in [1.165, 1.54) is 0 Å².